The third-order valence-electron chi connectivity index (χ3n) is 11.1. The quantitative estimate of drug-likeness (QED) is 0.220. The van der Waals surface area contributed by atoms with Crippen LogP contribution in [0.2, 0.25) is 0 Å². The Balaban J connectivity index is 0.00000158. The van der Waals surface area contributed by atoms with E-state index in [4.69, 9.17) is 0 Å². The molecule has 0 aromatic rings. The van der Waals surface area contributed by atoms with Crippen LogP contribution in [0.25, 0.3) is 0 Å². The van der Waals surface area contributed by atoms with E-state index in [2.05, 4.69) is 34.6 Å². The van der Waals surface area contributed by atoms with Gasteiger partial charge in [-0.05, 0) is 105 Å². The summed E-state index contributed by atoms with van der Waals surface area (Å²) in [7, 11) is 0. The molecule has 0 radical (unpaired) electrons. The summed E-state index contributed by atoms with van der Waals surface area (Å²) in [6, 6.07) is 0. The van der Waals surface area contributed by atoms with E-state index in [9.17, 15) is 0 Å². The van der Waals surface area contributed by atoms with Gasteiger partial charge in [0.15, 0.2) is 0 Å². The molecule has 198 valence electrons. The topological polar surface area (TPSA) is 0 Å². The molecule has 0 nitrogen and oxygen atoms in total. The minimum absolute atomic E-state index is 0.674. The molecule has 0 amide bonds. The molecule has 0 heteroatoms. The molecule has 0 N–H and O–H groups in total. The predicted octanol–water partition coefficient (Wildman–Crippen LogP) is 11.4. The van der Waals surface area contributed by atoms with E-state index >= 15 is 0 Å². The predicted molar refractivity (Wildman–Crippen MR) is 152 cm³/mol. The second-order valence-corrected chi connectivity index (χ2v) is 13.5. The van der Waals surface area contributed by atoms with Gasteiger partial charge >= 0.3 is 0 Å². The fourth-order valence-corrected chi connectivity index (χ4v) is 9.24. The number of hydrogen-bond acceptors (Lipinski definition) is 0. The van der Waals surface area contributed by atoms with Gasteiger partial charge in [0.25, 0.3) is 0 Å². The van der Waals surface area contributed by atoms with E-state index in [1.807, 2.05) is 25.0 Å². The van der Waals surface area contributed by atoms with Crippen LogP contribution in [0.5, 0.6) is 0 Å². The second kappa shape index (κ2) is 13.3. The number of hydrogen-bond donors (Lipinski definition) is 0. The van der Waals surface area contributed by atoms with Crippen LogP contribution in [-0.4, -0.2) is 0 Å². The highest BCUT2D eigenvalue weighted by Gasteiger charge is 2.55. The van der Waals surface area contributed by atoms with E-state index in [0.29, 0.717) is 5.41 Å². The van der Waals surface area contributed by atoms with Crippen LogP contribution < -0.4 is 0 Å². The molecule has 0 aromatic heterocycles. The minimum Gasteiger partial charge on any atom is -0.0683 e. The molecular weight excluding hydrogens is 408 g/mol. The van der Waals surface area contributed by atoms with Crippen LogP contribution in [0.3, 0.4) is 0 Å². The van der Waals surface area contributed by atoms with Gasteiger partial charge in [-0.15, -0.1) is 0 Å². The first-order valence-electron chi connectivity index (χ1n) is 16.2. The molecule has 7 atom stereocenters. The maximum atomic E-state index is 2.75. The molecule has 0 bridgehead atoms. The highest BCUT2D eigenvalue weighted by Crippen LogP contribution is 2.64. The standard InChI is InChI=1S/C32H56.C2H6/c1-6-7-8-9-13-25-15-17-27-28-19-20-32(5)26(14-11-10-12-23(2)3)16-18-31(32)30(28)21-24(4)29(27)22-25;1-2/h23-26,28,30-31H,6-22H2,1-5H3;1-2H3. The van der Waals surface area contributed by atoms with Crippen LogP contribution in [0, 0.1) is 46.8 Å². The van der Waals surface area contributed by atoms with Crippen molar-refractivity contribution in [1.82, 2.24) is 0 Å². The third-order valence-corrected chi connectivity index (χ3v) is 11.1. The number of allylic oxidation sites excluding steroid dienone is 2. The van der Waals surface area contributed by atoms with E-state index < -0.39 is 0 Å². The van der Waals surface area contributed by atoms with Crippen molar-refractivity contribution in [2.24, 2.45) is 46.8 Å². The average molecular weight is 471 g/mol. The summed E-state index contributed by atoms with van der Waals surface area (Å²) in [6.07, 6.45) is 25.4. The summed E-state index contributed by atoms with van der Waals surface area (Å²) in [4.78, 5) is 0. The lowest BCUT2D eigenvalue weighted by molar-refractivity contribution is 0.00287. The Kier molecular flexibility index (Phi) is 11.1. The van der Waals surface area contributed by atoms with Gasteiger partial charge in [0.05, 0.1) is 0 Å². The van der Waals surface area contributed by atoms with E-state index in [0.717, 1.165) is 41.4 Å². The molecule has 2 fully saturated rings. The van der Waals surface area contributed by atoms with Crippen molar-refractivity contribution in [3.63, 3.8) is 0 Å². The molecular formula is C34H62. The lowest BCUT2D eigenvalue weighted by atomic mass is 9.51. The zero-order chi connectivity index (χ0) is 24.7. The molecule has 0 spiro atoms. The molecule has 0 aromatic carbocycles. The molecule has 0 aliphatic heterocycles. The smallest absolute Gasteiger partial charge is 0.0169 e. The van der Waals surface area contributed by atoms with Gasteiger partial charge in [-0.1, -0.05) is 111 Å². The van der Waals surface area contributed by atoms with Crippen LogP contribution in [0.15, 0.2) is 11.1 Å². The molecule has 4 rings (SSSR count). The lowest BCUT2D eigenvalue weighted by Crippen LogP contribution is -2.45. The first kappa shape index (κ1) is 28.3. The van der Waals surface area contributed by atoms with Gasteiger partial charge in [0.1, 0.15) is 0 Å². The summed E-state index contributed by atoms with van der Waals surface area (Å²) in [5.74, 6) is 6.88. The Morgan fingerprint density at radius 3 is 2.38 bits per heavy atom. The number of fused-ring (bicyclic) bond motifs is 4. The van der Waals surface area contributed by atoms with Crippen molar-refractivity contribution in [2.45, 2.75) is 158 Å². The molecule has 7 unspecified atom stereocenters. The molecule has 2 saturated carbocycles. The molecule has 0 heterocycles. The highest BCUT2D eigenvalue weighted by atomic mass is 14.6. The molecule has 4 aliphatic carbocycles. The highest BCUT2D eigenvalue weighted by molar-refractivity contribution is 5.28. The van der Waals surface area contributed by atoms with Gasteiger partial charge in [-0.2, -0.15) is 0 Å². The van der Waals surface area contributed by atoms with Crippen molar-refractivity contribution in [1.29, 1.82) is 0 Å². The zero-order valence-electron chi connectivity index (χ0n) is 24.6. The fraction of sp³-hybridized carbons (Fsp3) is 0.941. The van der Waals surface area contributed by atoms with Gasteiger partial charge in [0.2, 0.25) is 0 Å². The van der Waals surface area contributed by atoms with Crippen LogP contribution in [0.1, 0.15) is 158 Å². The average Bonchev–Trinajstić information content (AvgIpc) is 3.17. The van der Waals surface area contributed by atoms with Crippen LogP contribution >= 0.6 is 0 Å². The Morgan fingerprint density at radius 1 is 0.882 bits per heavy atom. The van der Waals surface area contributed by atoms with Crippen molar-refractivity contribution >= 4 is 0 Å². The SMILES string of the molecule is CC.CCCCCCC1CCC2=C(C1)C(C)CC1C2CCC2(C)C(CCCCC(C)C)CCC12. The summed E-state index contributed by atoms with van der Waals surface area (Å²) in [6.45, 7) is 16.5. The Morgan fingerprint density at radius 2 is 1.65 bits per heavy atom. The van der Waals surface area contributed by atoms with Crippen molar-refractivity contribution in [3.05, 3.63) is 11.1 Å². The van der Waals surface area contributed by atoms with Crippen LogP contribution in [0.4, 0.5) is 0 Å². The van der Waals surface area contributed by atoms with Gasteiger partial charge in [-0.3, -0.25) is 0 Å². The normalized spacial score (nSPS) is 37.1. The lowest BCUT2D eigenvalue weighted by Gasteiger charge is -2.54. The molecule has 4 aliphatic rings. The second-order valence-electron chi connectivity index (χ2n) is 13.5. The van der Waals surface area contributed by atoms with Crippen molar-refractivity contribution < 1.29 is 0 Å². The minimum atomic E-state index is 0.674. The largest absolute Gasteiger partial charge is 0.0683 e. The summed E-state index contributed by atoms with van der Waals surface area (Å²) < 4.78 is 0. The Labute approximate surface area is 215 Å². The maximum Gasteiger partial charge on any atom is -0.0169 e. The van der Waals surface area contributed by atoms with Crippen molar-refractivity contribution in [3.8, 4) is 0 Å². The summed E-state index contributed by atoms with van der Waals surface area (Å²) in [5, 5.41) is 0. The first-order valence-corrected chi connectivity index (χ1v) is 16.2. The van der Waals surface area contributed by atoms with Crippen molar-refractivity contribution in [2.75, 3.05) is 0 Å². The van der Waals surface area contributed by atoms with E-state index in [1.54, 1.807) is 19.3 Å². The molecule has 34 heavy (non-hydrogen) atoms. The summed E-state index contributed by atoms with van der Waals surface area (Å²) >= 11 is 0. The zero-order valence-corrected chi connectivity index (χ0v) is 24.6. The van der Waals surface area contributed by atoms with E-state index in [1.165, 1.54) is 89.9 Å². The fourth-order valence-electron chi connectivity index (χ4n) is 9.24. The van der Waals surface area contributed by atoms with Gasteiger partial charge in [0, 0.05) is 0 Å². The first-order chi connectivity index (χ1) is 16.4. The third kappa shape index (κ3) is 6.35. The van der Waals surface area contributed by atoms with Gasteiger partial charge < -0.3 is 0 Å². The van der Waals surface area contributed by atoms with E-state index in [-0.39, 0.29) is 0 Å². The summed E-state index contributed by atoms with van der Waals surface area (Å²) in [5.41, 5.74) is 4.67. The maximum absolute atomic E-state index is 2.75. The number of rotatable bonds is 10. The monoisotopic (exact) mass is 470 g/mol. The van der Waals surface area contributed by atoms with Gasteiger partial charge in [-0.25, -0.2) is 0 Å². The molecule has 0 saturated heterocycles. The Hall–Kier alpha value is -0.260. The number of unbranched alkanes of at least 4 members (excludes halogenated alkanes) is 4. The Bertz CT molecular complexity index is 626. The van der Waals surface area contributed by atoms with Crippen LogP contribution in [-0.2, 0) is 0 Å².